The first kappa shape index (κ1) is 20.0. The van der Waals surface area contributed by atoms with Gasteiger partial charge in [-0.15, -0.1) is 0 Å². The van der Waals surface area contributed by atoms with Crippen LogP contribution in [0.2, 0.25) is 0 Å². The van der Waals surface area contributed by atoms with E-state index in [0.717, 1.165) is 11.1 Å². The van der Waals surface area contributed by atoms with Gasteiger partial charge in [0.15, 0.2) is 5.43 Å². The number of carboxylic acids is 1. The molecule has 0 aliphatic carbocycles. The van der Waals surface area contributed by atoms with E-state index in [1.54, 1.807) is 12.1 Å². The average Bonchev–Trinajstić information content (AvgIpc) is 2.52. The number of allylic oxidation sites excluding steroid dienone is 1. The molecule has 0 aliphatic heterocycles. The number of carboxylic acid groups (broad SMARTS) is 1. The summed E-state index contributed by atoms with van der Waals surface area (Å²) in [5.74, 6) is 3.53. The Bertz CT molecular complexity index is 917. The maximum atomic E-state index is 11.9. The van der Waals surface area contributed by atoms with E-state index in [4.69, 9.17) is 20.1 Å². The van der Waals surface area contributed by atoms with Gasteiger partial charge in [0.2, 0.25) is 0 Å². The monoisotopic (exact) mass is 353 g/mol. The van der Waals surface area contributed by atoms with Crippen LogP contribution in [-0.4, -0.2) is 17.3 Å². The van der Waals surface area contributed by atoms with E-state index in [-0.39, 0.29) is 12.0 Å². The van der Waals surface area contributed by atoms with E-state index < -0.39 is 12.1 Å². The number of fused-ring (bicyclic) bond motifs is 1. The molecular weight excluding hydrogens is 339 g/mol. The van der Waals surface area contributed by atoms with Gasteiger partial charge in [-0.1, -0.05) is 18.4 Å². The van der Waals surface area contributed by atoms with E-state index in [1.807, 2.05) is 13.0 Å². The van der Waals surface area contributed by atoms with Crippen LogP contribution >= 0.6 is 0 Å². The summed E-state index contributed by atoms with van der Waals surface area (Å²) in [5, 5.41) is 7.64. The van der Waals surface area contributed by atoms with E-state index in [1.165, 1.54) is 6.07 Å². The molecule has 1 heterocycles. The minimum Gasteiger partial charge on any atom is -0.475 e. The first-order chi connectivity index (χ1) is 11.5. The zero-order valence-corrected chi connectivity index (χ0v) is 13.1. The van der Waals surface area contributed by atoms with Crippen molar-refractivity contribution in [2.24, 2.45) is 5.73 Å². The summed E-state index contributed by atoms with van der Waals surface area (Å²) in [5.41, 5.74) is 7.43. The maximum absolute atomic E-state index is 11.9. The molecule has 132 valence electrons. The highest BCUT2D eigenvalue weighted by molar-refractivity contribution is 5.78. The Morgan fingerprint density at radius 1 is 1.36 bits per heavy atom. The predicted molar refractivity (Wildman–Crippen MR) is 85.8 cm³/mol. The van der Waals surface area contributed by atoms with Crippen LogP contribution in [-0.2, 0) is 11.3 Å². The molecule has 8 heteroatoms. The topological polar surface area (TPSA) is 93.5 Å². The summed E-state index contributed by atoms with van der Waals surface area (Å²) in [6, 6.07) is 6.68. The molecule has 0 atom stereocenters. The van der Waals surface area contributed by atoms with Gasteiger partial charge in [0, 0.05) is 11.6 Å². The number of halogens is 3. The third-order valence-electron chi connectivity index (χ3n) is 2.64. The summed E-state index contributed by atoms with van der Waals surface area (Å²) in [6.07, 6.45) is -5.08. The summed E-state index contributed by atoms with van der Waals surface area (Å²) < 4.78 is 37.2. The third-order valence-corrected chi connectivity index (χ3v) is 2.64. The average molecular weight is 353 g/mol. The lowest BCUT2D eigenvalue weighted by molar-refractivity contribution is -0.192. The molecule has 0 amide bonds. The number of hydrogen-bond donors (Lipinski definition) is 2. The molecule has 0 fully saturated rings. The van der Waals surface area contributed by atoms with Crippen LogP contribution in [0.3, 0.4) is 0 Å². The molecule has 0 radical (unpaired) electrons. The minimum atomic E-state index is -5.08. The second-order valence-corrected chi connectivity index (χ2v) is 4.83. The van der Waals surface area contributed by atoms with Crippen LogP contribution in [0.5, 0.6) is 0 Å². The fourth-order valence-corrected chi connectivity index (χ4v) is 1.56. The molecule has 2 rings (SSSR count). The molecular formula is C17H14F3NO4. The van der Waals surface area contributed by atoms with Gasteiger partial charge >= 0.3 is 12.1 Å². The van der Waals surface area contributed by atoms with Crippen LogP contribution in [0.25, 0.3) is 11.0 Å². The molecule has 0 bridgehead atoms. The van der Waals surface area contributed by atoms with Crippen molar-refractivity contribution in [2.45, 2.75) is 19.6 Å². The Kier molecular flexibility index (Phi) is 6.53. The van der Waals surface area contributed by atoms with Crippen LogP contribution in [0, 0.1) is 11.8 Å². The molecule has 0 saturated heterocycles. The summed E-state index contributed by atoms with van der Waals surface area (Å²) in [7, 11) is 0. The predicted octanol–water partition coefficient (Wildman–Crippen LogP) is 2.81. The van der Waals surface area contributed by atoms with Gasteiger partial charge in [-0.25, -0.2) is 4.79 Å². The Balaban J connectivity index is 0.000000381. The first-order valence-electron chi connectivity index (χ1n) is 6.79. The van der Waals surface area contributed by atoms with Crippen molar-refractivity contribution in [2.75, 3.05) is 0 Å². The van der Waals surface area contributed by atoms with Crippen LogP contribution in [0.4, 0.5) is 13.2 Å². The maximum Gasteiger partial charge on any atom is 0.490 e. The number of aliphatic carboxylic acids is 1. The minimum absolute atomic E-state index is 0.101. The molecule has 25 heavy (non-hydrogen) atoms. The first-order valence-corrected chi connectivity index (χ1v) is 6.79. The van der Waals surface area contributed by atoms with Gasteiger partial charge in [0.1, 0.15) is 11.3 Å². The van der Waals surface area contributed by atoms with E-state index in [0.29, 0.717) is 16.7 Å². The van der Waals surface area contributed by atoms with Gasteiger partial charge < -0.3 is 15.3 Å². The molecule has 0 spiro atoms. The second-order valence-electron chi connectivity index (χ2n) is 4.83. The lowest BCUT2D eigenvalue weighted by Crippen LogP contribution is -2.21. The standard InChI is InChI=1S/C15H13NO2.C2HF3O2/c1-10(2)3-4-11-5-6-15-13(7-11)14(17)8-12(9-16)18-15;3-2(4,5)1(6)7/h5-8H,1,9,16H2,2H3;(H,6,7). The van der Waals surface area contributed by atoms with Crippen molar-refractivity contribution >= 4 is 16.9 Å². The smallest absolute Gasteiger partial charge is 0.475 e. The van der Waals surface area contributed by atoms with Gasteiger partial charge in [-0.3, -0.25) is 4.79 Å². The number of carbonyl (C=O) groups is 1. The summed E-state index contributed by atoms with van der Waals surface area (Å²) in [6.45, 7) is 5.75. The van der Waals surface area contributed by atoms with E-state index in [9.17, 15) is 18.0 Å². The fourth-order valence-electron chi connectivity index (χ4n) is 1.56. The van der Waals surface area contributed by atoms with Gasteiger partial charge in [0.05, 0.1) is 11.9 Å². The zero-order chi connectivity index (χ0) is 19.2. The summed E-state index contributed by atoms with van der Waals surface area (Å²) >= 11 is 0. The largest absolute Gasteiger partial charge is 0.490 e. The van der Waals surface area contributed by atoms with E-state index >= 15 is 0 Å². The normalized spacial score (nSPS) is 10.3. The quantitative estimate of drug-likeness (QED) is 0.769. The van der Waals surface area contributed by atoms with Crippen molar-refractivity contribution in [3.63, 3.8) is 0 Å². The Morgan fingerprint density at radius 2 is 1.96 bits per heavy atom. The molecule has 3 N–H and O–H groups in total. The van der Waals surface area contributed by atoms with Gasteiger partial charge in [-0.2, -0.15) is 13.2 Å². The number of benzene rings is 1. The van der Waals surface area contributed by atoms with Gasteiger partial charge in [0.25, 0.3) is 0 Å². The molecule has 2 aromatic rings. The number of nitrogens with two attached hydrogens (primary N) is 1. The lowest BCUT2D eigenvalue weighted by atomic mass is 10.1. The van der Waals surface area contributed by atoms with Crippen molar-refractivity contribution < 1.29 is 27.5 Å². The molecule has 0 unspecified atom stereocenters. The van der Waals surface area contributed by atoms with E-state index in [2.05, 4.69) is 18.4 Å². The molecule has 1 aromatic heterocycles. The molecule has 5 nitrogen and oxygen atoms in total. The Hall–Kier alpha value is -3.05. The molecule has 1 aromatic carbocycles. The molecule has 0 saturated carbocycles. The number of rotatable bonds is 1. The second kappa shape index (κ2) is 8.17. The van der Waals surface area contributed by atoms with Crippen LogP contribution < -0.4 is 11.2 Å². The lowest BCUT2D eigenvalue weighted by Gasteiger charge is -2.00. The molecule has 0 aliphatic rings. The third kappa shape index (κ3) is 6.16. The summed E-state index contributed by atoms with van der Waals surface area (Å²) in [4.78, 5) is 20.8. The SMILES string of the molecule is C=C(C)C#Cc1ccc2oc(CN)cc(=O)c2c1.O=C(O)C(F)(F)F. The highest BCUT2D eigenvalue weighted by Crippen LogP contribution is 2.14. The van der Waals surface area contributed by atoms with Crippen molar-refractivity contribution in [1.82, 2.24) is 0 Å². The van der Waals surface area contributed by atoms with Crippen molar-refractivity contribution in [3.8, 4) is 11.8 Å². The highest BCUT2D eigenvalue weighted by atomic mass is 19.4. The number of hydrogen-bond acceptors (Lipinski definition) is 4. The van der Waals surface area contributed by atoms with Gasteiger partial charge in [-0.05, 0) is 30.7 Å². The van der Waals surface area contributed by atoms with Crippen LogP contribution in [0.15, 0.2) is 45.6 Å². The Labute approximate surface area is 140 Å². The Morgan fingerprint density at radius 3 is 2.44 bits per heavy atom. The van der Waals surface area contributed by atoms with Crippen molar-refractivity contribution in [1.29, 1.82) is 0 Å². The fraction of sp³-hybridized carbons (Fsp3) is 0.176. The zero-order valence-electron chi connectivity index (χ0n) is 13.1. The van der Waals surface area contributed by atoms with Crippen molar-refractivity contribution in [3.05, 3.63) is 58.0 Å². The number of alkyl halides is 3. The highest BCUT2D eigenvalue weighted by Gasteiger charge is 2.38. The van der Waals surface area contributed by atoms with Crippen LogP contribution in [0.1, 0.15) is 18.2 Å².